The van der Waals surface area contributed by atoms with E-state index in [-0.39, 0.29) is 11.6 Å². The molecule has 0 aliphatic carbocycles. The summed E-state index contributed by atoms with van der Waals surface area (Å²) in [5.74, 6) is -0.951. The van der Waals surface area contributed by atoms with E-state index in [4.69, 9.17) is 4.74 Å². The Labute approximate surface area is 93.6 Å². The third-order valence-electron chi connectivity index (χ3n) is 3.03. The van der Waals surface area contributed by atoms with Crippen molar-refractivity contribution in [1.82, 2.24) is 5.32 Å². The molecule has 1 atom stereocenters. The predicted molar refractivity (Wildman–Crippen MR) is 57.4 cm³/mol. The summed E-state index contributed by atoms with van der Waals surface area (Å²) in [6, 6.07) is 1.29. The fourth-order valence-electron chi connectivity index (χ4n) is 1.99. The van der Waals surface area contributed by atoms with Crippen LogP contribution < -0.4 is 5.32 Å². The number of nitrogens with one attached hydrogen (secondary N) is 1. The number of benzene rings is 1. The van der Waals surface area contributed by atoms with Gasteiger partial charge in [0.05, 0.1) is 19.3 Å². The standard InChI is InChI=1S/C12H15F2NO/c1-7-9(11-6-16-4-3-15-11)5-10(13)8(2)12(7)14/h5,11,15H,3-4,6H2,1-2H3. The van der Waals surface area contributed by atoms with Crippen molar-refractivity contribution in [2.45, 2.75) is 19.9 Å². The molecule has 0 saturated carbocycles. The fourth-order valence-corrected chi connectivity index (χ4v) is 1.99. The number of morpholine rings is 1. The van der Waals surface area contributed by atoms with Crippen LogP contribution in [0.25, 0.3) is 0 Å². The number of ether oxygens (including phenoxy) is 1. The van der Waals surface area contributed by atoms with E-state index in [1.165, 1.54) is 13.0 Å². The van der Waals surface area contributed by atoms with Crippen molar-refractivity contribution in [2.24, 2.45) is 0 Å². The van der Waals surface area contributed by atoms with Crippen LogP contribution in [0.5, 0.6) is 0 Å². The number of hydrogen-bond acceptors (Lipinski definition) is 2. The zero-order valence-corrected chi connectivity index (χ0v) is 9.44. The van der Waals surface area contributed by atoms with Crippen LogP contribution in [0.1, 0.15) is 22.7 Å². The molecule has 1 saturated heterocycles. The van der Waals surface area contributed by atoms with Crippen molar-refractivity contribution in [3.05, 3.63) is 34.4 Å². The lowest BCUT2D eigenvalue weighted by Crippen LogP contribution is -2.35. The second-order valence-corrected chi connectivity index (χ2v) is 4.09. The molecule has 0 spiro atoms. The molecular weight excluding hydrogens is 212 g/mol. The average Bonchev–Trinajstić information content (AvgIpc) is 2.32. The molecule has 0 bridgehead atoms. The van der Waals surface area contributed by atoms with Gasteiger partial charge in [0, 0.05) is 12.1 Å². The van der Waals surface area contributed by atoms with Crippen LogP contribution in [0.3, 0.4) is 0 Å². The molecule has 16 heavy (non-hydrogen) atoms. The lowest BCUT2D eigenvalue weighted by molar-refractivity contribution is 0.0765. The molecule has 1 aromatic carbocycles. The van der Waals surface area contributed by atoms with E-state index in [1.807, 2.05) is 0 Å². The summed E-state index contributed by atoms with van der Waals surface area (Å²) in [7, 11) is 0. The first kappa shape index (κ1) is 11.5. The zero-order valence-electron chi connectivity index (χ0n) is 9.44. The van der Waals surface area contributed by atoms with Crippen molar-refractivity contribution >= 4 is 0 Å². The second kappa shape index (κ2) is 4.47. The summed E-state index contributed by atoms with van der Waals surface area (Å²) in [4.78, 5) is 0. The topological polar surface area (TPSA) is 21.3 Å². The van der Waals surface area contributed by atoms with Gasteiger partial charge in [-0.2, -0.15) is 0 Å². The maximum Gasteiger partial charge on any atom is 0.132 e. The summed E-state index contributed by atoms with van der Waals surface area (Å²) in [5, 5.41) is 3.19. The van der Waals surface area contributed by atoms with Crippen LogP contribution in [0, 0.1) is 25.5 Å². The Bertz CT molecular complexity index is 400. The van der Waals surface area contributed by atoms with Crippen molar-refractivity contribution in [2.75, 3.05) is 19.8 Å². The molecule has 2 nitrogen and oxygen atoms in total. The minimum Gasteiger partial charge on any atom is -0.378 e. The molecule has 0 aromatic heterocycles. The summed E-state index contributed by atoms with van der Waals surface area (Å²) in [6.45, 7) is 4.94. The van der Waals surface area contributed by atoms with Gasteiger partial charge in [-0.15, -0.1) is 0 Å². The molecule has 4 heteroatoms. The van der Waals surface area contributed by atoms with E-state index in [9.17, 15) is 8.78 Å². The van der Waals surface area contributed by atoms with Crippen LogP contribution in [-0.2, 0) is 4.74 Å². The van der Waals surface area contributed by atoms with Gasteiger partial charge in [-0.1, -0.05) is 0 Å². The SMILES string of the molecule is Cc1c(F)cc(C2COCCN2)c(C)c1F. The zero-order chi connectivity index (χ0) is 11.7. The molecule has 1 aliphatic rings. The van der Waals surface area contributed by atoms with E-state index < -0.39 is 11.6 Å². The van der Waals surface area contributed by atoms with Gasteiger partial charge < -0.3 is 10.1 Å². The second-order valence-electron chi connectivity index (χ2n) is 4.09. The first-order valence-electron chi connectivity index (χ1n) is 5.37. The molecule has 1 unspecified atom stereocenters. The number of hydrogen-bond donors (Lipinski definition) is 1. The minimum absolute atomic E-state index is 0.0815. The van der Waals surface area contributed by atoms with Crippen LogP contribution >= 0.6 is 0 Å². The molecule has 1 aliphatic heterocycles. The fraction of sp³-hybridized carbons (Fsp3) is 0.500. The molecule has 0 radical (unpaired) electrons. The van der Waals surface area contributed by atoms with E-state index in [1.54, 1.807) is 6.92 Å². The van der Waals surface area contributed by atoms with Crippen LogP contribution in [0.2, 0.25) is 0 Å². The Morgan fingerprint density at radius 3 is 2.69 bits per heavy atom. The van der Waals surface area contributed by atoms with Gasteiger partial charge >= 0.3 is 0 Å². The van der Waals surface area contributed by atoms with Crippen molar-refractivity contribution in [3.8, 4) is 0 Å². The molecule has 1 fully saturated rings. The Balaban J connectivity index is 2.40. The molecule has 1 heterocycles. The average molecular weight is 227 g/mol. The van der Waals surface area contributed by atoms with Crippen LogP contribution in [0.4, 0.5) is 8.78 Å². The highest BCUT2D eigenvalue weighted by Crippen LogP contribution is 2.26. The predicted octanol–water partition coefficient (Wildman–Crippen LogP) is 2.24. The van der Waals surface area contributed by atoms with Crippen molar-refractivity contribution in [3.63, 3.8) is 0 Å². The third kappa shape index (κ3) is 1.95. The van der Waals surface area contributed by atoms with Crippen LogP contribution in [0.15, 0.2) is 6.07 Å². The maximum absolute atomic E-state index is 13.7. The molecule has 1 N–H and O–H groups in total. The first-order valence-corrected chi connectivity index (χ1v) is 5.37. The van der Waals surface area contributed by atoms with Gasteiger partial charge in [0.2, 0.25) is 0 Å². The lowest BCUT2D eigenvalue weighted by Gasteiger charge is -2.26. The van der Waals surface area contributed by atoms with Gasteiger partial charge in [0.25, 0.3) is 0 Å². The molecule has 0 amide bonds. The third-order valence-corrected chi connectivity index (χ3v) is 3.03. The normalized spacial score (nSPS) is 21.1. The summed E-state index contributed by atoms with van der Waals surface area (Å²) in [6.07, 6.45) is 0. The molecule has 1 aromatic rings. The Morgan fingerprint density at radius 2 is 2.06 bits per heavy atom. The van der Waals surface area contributed by atoms with Gasteiger partial charge in [-0.05, 0) is 31.0 Å². The van der Waals surface area contributed by atoms with E-state index in [0.717, 1.165) is 0 Å². The van der Waals surface area contributed by atoms with Crippen molar-refractivity contribution < 1.29 is 13.5 Å². The maximum atomic E-state index is 13.7. The number of rotatable bonds is 1. The smallest absolute Gasteiger partial charge is 0.132 e. The van der Waals surface area contributed by atoms with E-state index >= 15 is 0 Å². The summed E-state index contributed by atoms with van der Waals surface area (Å²) >= 11 is 0. The summed E-state index contributed by atoms with van der Waals surface area (Å²) in [5.41, 5.74) is 1.24. The highest BCUT2D eigenvalue weighted by Gasteiger charge is 2.21. The monoisotopic (exact) mass is 227 g/mol. The Hall–Kier alpha value is -1.00. The number of halogens is 2. The quantitative estimate of drug-likeness (QED) is 0.794. The first-order chi connectivity index (χ1) is 7.61. The Kier molecular flexibility index (Phi) is 3.21. The van der Waals surface area contributed by atoms with Crippen molar-refractivity contribution in [1.29, 1.82) is 0 Å². The largest absolute Gasteiger partial charge is 0.378 e. The van der Waals surface area contributed by atoms with E-state index in [2.05, 4.69) is 5.32 Å². The van der Waals surface area contributed by atoms with E-state index in [0.29, 0.717) is 30.9 Å². The highest BCUT2D eigenvalue weighted by atomic mass is 19.1. The molecule has 88 valence electrons. The van der Waals surface area contributed by atoms with Gasteiger partial charge in [-0.3, -0.25) is 0 Å². The van der Waals surface area contributed by atoms with Gasteiger partial charge in [0.1, 0.15) is 11.6 Å². The molecular formula is C12H15F2NO. The highest BCUT2D eigenvalue weighted by molar-refractivity contribution is 5.35. The minimum atomic E-state index is -0.495. The molecule has 2 rings (SSSR count). The van der Waals surface area contributed by atoms with Gasteiger partial charge in [0.15, 0.2) is 0 Å². The Morgan fingerprint density at radius 1 is 1.31 bits per heavy atom. The summed E-state index contributed by atoms with van der Waals surface area (Å²) < 4.78 is 32.5. The lowest BCUT2D eigenvalue weighted by atomic mass is 9.98. The van der Waals surface area contributed by atoms with Gasteiger partial charge in [-0.25, -0.2) is 8.78 Å². The van der Waals surface area contributed by atoms with Crippen LogP contribution in [-0.4, -0.2) is 19.8 Å².